The van der Waals surface area contributed by atoms with E-state index in [0.717, 1.165) is 0 Å². The lowest BCUT2D eigenvalue weighted by Gasteiger charge is -2.21. The number of hydrogen-bond donors (Lipinski definition) is 5. The standard InChI is InChI=1S/C6H12O6/c1-2(7)3(8)4(9)5(10)6(11)12/h2-5,7-10H,1H3,(H,11,12)/t2-,3+,4+,5-/m0/s1. The molecule has 0 aromatic rings. The van der Waals surface area contributed by atoms with Gasteiger partial charge in [0.05, 0.1) is 6.10 Å². The molecule has 0 aliphatic rings. The first-order valence-corrected chi connectivity index (χ1v) is 3.33. The smallest absolute Gasteiger partial charge is 0.335 e. The number of carboxylic acids is 1. The van der Waals surface area contributed by atoms with E-state index in [0.29, 0.717) is 0 Å². The van der Waals surface area contributed by atoms with Gasteiger partial charge in [0.15, 0.2) is 6.10 Å². The van der Waals surface area contributed by atoms with Crippen molar-refractivity contribution in [3.05, 3.63) is 0 Å². The summed E-state index contributed by atoms with van der Waals surface area (Å²) in [5, 5.41) is 43.4. The summed E-state index contributed by atoms with van der Waals surface area (Å²) in [5.74, 6) is -1.65. The van der Waals surface area contributed by atoms with Crippen LogP contribution in [0, 0.1) is 0 Å². The Morgan fingerprint density at radius 3 is 1.75 bits per heavy atom. The normalized spacial score (nSPS) is 21.1. The van der Waals surface area contributed by atoms with Crippen LogP contribution in [0.4, 0.5) is 0 Å². The van der Waals surface area contributed by atoms with Crippen molar-refractivity contribution in [1.82, 2.24) is 0 Å². The van der Waals surface area contributed by atoms with E-state index in [2.05, 4.69) is 0 Å². The Kier molecular flexibility index (Phi) is 4.11. The second-order valence-electron chi connectivity index (χ2n) is 2.50. The Bertz CT molecular complexity index is 156. The summed E-state index contributed by atoms with van der Waals surface area (Å²) < 4.78 is 0. The monoisotopic (exact) mass is 180 g/mol. The van der Waals surface area contributed by atoms with Gasteiger partial charge in [0, 0.05) is 0 Å². The van der Waals surface area contributed by atoms with Crippen LogP contribution < -0.4 is 0 Å². The van der Waals surface area contributed by atoms with E-state index in [-0.39, 0.29) is 0 Å². The van der Waals surface area contributed by atoms with Gasteiger partial charge in [-0.05, 0) is 6.92 Å². The summed E-state index contributed by atoms with van der Waals surface area (Å²) in [4.78, 5) is 10.1. The van der Waals surface area contributed by atoms with Crippen LogP contribution in [-0.2, 0) is 4.79 Å². The molecule has 4 atom stereocenters. The van der Waals surface area contributed by atoms with Crippen molar-refractivity contribution in [1.29, 1.82) is 0 Å². The fourth-order valence-corrected chi connectivity index (χ4v) is 0.618. The van der Waals surface area contributed by atoms with Crippen molar-refractivity contribution in [3.63, 3.8) is 0 Å². The molecule has 0 bridgehead atoms. The summed E-state index contributed by atoms with van der Waals surface area (Å²) in [7, 11) is 0. The third-order valence-corrected chi connectivity index (χ3v) is 1.42. The molecule has 0 aliphatic heterocycles. The van der Waals surface area contributed by atoms with Crippen molar-refractivity contribution in [2.45, 2.75) is 31.3 Å². The third kappa shape index (κ3) is 2.74. The first-order valence-electron chi connectivity index (χ1n) is 3.33. The van der Waals surface area contributed by atoms with Crippen molar-refractivity contribution in [3.8, 4) is 0 Å². The number of hydrogen-bond acceptors (Lipinski definition) is 5. The van der Waals surface area contributed by atoms with Crippen LogP contribution >= 0.6 is 0 Å². The number of carboxylic acid groups (broad SMARTS) is 1. The molecule has 0 unspecified atom stereocenters. The summed E-state index contributed by atoms with van der Waals surface area (Å²) in [5.41, 5.74) is 0. The summed E-state index contributed by atoms with van der Waals surface area (Å²) in [6.45, 7) is 1.17. The van der Waals surface area contributed by atoms with E-state index in [4.69, 9.17) is 25.5 Å². The molecule has 0 radical (unpaired) electrons. The molecule has 0 aliphatic carbocycles. The van der Waals surface area contributed by atoms with Gasteiger partial charge in [0.2, 0.25) is 0 Å². The van der Waals surface area contributed by atoms with Gasteiger partial charge in [0.1, 0.15) is 12.2 Å². The van der Waals surface area contributed by atoms with Crippen LogP contribution in [0.15, 0.2) is 0 Å². The molecule has 0 spiro atoms. The first kappa shape index (κ1) is 11.3. The molecule has 0 saturated heterocycles. The third-order valence-electron chi connectivity index (χ3n) is 1.42. The zero-order valence-electron chi connectivity index (χ0n) is 6.45. The molecule has 0 amide bonds. The molecule has 0 saturated carbocycles. The van der Waals surface area contributed by atoms with Crippen LogP contribution in [-0.4, -0.2) is 55.9 Å². The van der Waals surface area contributed by atoms with Crippen molar-refractivity contribution in [2.75, 3.05) is 0 Å². The molecule has 0 fully saturated rings. The fourth-order valence-electron chi connectivity index (χ4n) is 0.618. The van der Waals surface area contributed by atoms with Gasteiger partial charge in [0.25, 0.3) is 0 Å². The molecule has 72 valence electrons. The van der Waals surface area contributed by atoms with Crippen LogP contribution in [0.5, 0.6) is 0 Å². The van der Waals surface area contributed by atoms with Crippen molar-refractivity contribution < 1.29 is 30.3 Å². The lowest BCUT2D eigenvalue weighted by atomic mass is 10.0. The summed E-state index contributed by atoms with van der Waals surface area (Å²) in [6.07, 6.45) is -6.94. The number of carbonyl (C=O) groups is 1. The van der Waals surface area contributed by atoms with Gasteiger partial charge in [-0.3, -0.25) is 0 Å². The Morgan fingerprint density at radius 2 is 1.50 bits per heavy atom. The number of aliphatic hydroxyl groups is 4. The van der Waals surface area contributed by atoms with Crippen LogP contribution in [0.2, 0.25) is 0 Å². The highest BCUT2D eigenvalue weighted by atomic mass is 16.4. The quantitative estimate of drug-likeness (QED) is 0.327. The van der Waals surface area contributed by atoms with Crippen LogP contribution in [0.1, 0.15) is 6.92 Å². The second-order valence-corrected chi connectivity index (χ2v) is 2.50. The molecule has 0 aromatic carbocycles. The molecule has 0 heterocycles. The predicted octanol–water partition coefficient (Wildman–Crippen LogP) is -2.47. The van der Waals surface area contributed by atoms with Gasteiger partial charge in [-0.15, -0.1) is 0 Å². The van der Waals surface area contributed by atoms with Gasteiger partial charge >= 0.3 is 5.97 Å². The largest absolute Gasteiger partial charge is 0.479 e. The molecular formula is C6H12O6. The van der Waals surface area contributed by atoms with E-state index in [9.17, 15) is 4.79 Å². The minimum Gasteiger partial charge on any atom is -0.479 e. The SMILES string of the molecule is C[C@H](O)[C@@H](O)[C@@H](O)[C@H](O)C(=O)O. The van der Waals surface area contributed by atoms with E-state index in [1.54, 1.807) is 0 Å². The van der Waals surface area contributed by atoms with Gasteiger partial charge in [-0.25, -0.2) is 4.79 Å². The Morgan fingerprint density at radius 1 is 1.08 bits per heavy atom. The van der Waals surface area contributed by atoms with Gasteiger partial charge in [-0.1, -0.05) is 0 Å². The summed E-state index contributed by atoms with van der Waals surface area (Å²) in [6, 6.07) is 0. The van der Waals surface area contributed by atoms with Crippen LogP contribution in [0.25, 0.3) is 0 Å². The lowest BCUT2D eigenvalue weighted by molar-refractivity contribution is -0.162. The zero-order valence-corrected chi connectivity index (χ0v) is 6.45. The molecule has 6 nitrogen and oxygen atoms in total. The average molecular weight is 180 g/mol. The molecule has 0 rings (SSSR count). The highest BCUT2D eigenvalue weighted by Crippen LogP contribution is 2.04. The van der Waals surface area contributed by atoms with Crippen molar-refractivity contribution in [2.24, 2.45) is 0 Å². The number of aliphatic hydroxyl groups excluding tert-OH is 4. The van der Waals surface area contributed by atoms with Crippen molar-refractivity contribution >= 4 is 5.97 Å². The highest BCUT2D eigenvalue weighted by Gasteiger charge is 2.32. The number of aliphatic carboxylic acids is 1. The Labute approximate surface area is 68.7 Å². The average Bonchev–Trinajstić information content (AvgIpc) is 2.00. The molecular weight excluding hydrogens is 168 g/mol. The molecule has 5 N–H and O–H groups in total. The predicted molar refractivity (Wildman–Crippen MR) is 37.3 cm³/mol. The second kappa shape index (κ2) is 4.36. The Hall–Kier alpha value is -0.690. The van der Waals surface area contributed by atoms with Gasteiger partial charge < -0.3 is 25.5 Å². The maximum absolute atomic E-state index is 10.1. The lowest BCUT2D eigenvalue weighted by Crippen LogP contribution is -2.46. The maximum Gasteiger partial charge on any atom is 0.335 e. The Balaban J connectivity index is 4.18. The van der Waals surface area contributed by atoms with E-state index in [1.807, 2.05) is 0 Å². The molecule has 12 heavy (non-hydrogen) atoms. The maximum atomic E-state index is 10.1. The highest BCUT2D eigenvalue weighted by molar-refractivity contribution is 5.72. The van der Waals surface area contributed by atoms with E-state index < -0.39 is 30.4 Å². The fraction of sp³-hybridized carbons (Fsp3) is 0.833. The minimum absolute atomic E-state index is 1.17. The molecule has 6 heteroatoms. The number of rotatable bonds is 4. The minimum atomic E-state index is -2.09. The van der Waals surface area contributed by atoms with E-state index >= 15 is 0 Å². The van der Waals surface area contributed by atoms with Gasteiger partial charge in [-0.2, -0.15) is 0 Å². The van der Waals surface area contributed by atoms with E-state index in [1.165, 1.54) is 6.92 Å². The topological polar surface area (TPSA) is 118 Å². The van der Waals surface area contributed by atoms with Crippen LogP contribution in [0.3, 0.4) is 0 Å². The molecule has 0 aromatic heterocycles. The zero-order chi connectivity index (χ0) is 9.89. The first-order chi connectivity index (χ1) is 5.37. The summed E-state index contributed by atoms with van der Waals surface area (Å²) >= 11 is 0.